The Bertz CT molecular complexity index is 687. The molecule has 0 spiro atoms. The normalized spacial score (nSPS) is 17.4. The maximum absolute atomic E-state index is 12.4. The first-order chi connectivity index (χ1) is 12.3. The van der Waals surface area contributed by atoms with Crippen LogP contribution < -0.4 is 10.1 Å². The Morgan fingerprint density at radius 3 is 2.68 bits per heavy atom. The number of para-hydroxylation sites is 1. The molecule has 1 heterocycles. The summed E-state index contributed by atoms with van der Waals surface area (Å²) in [6, 6.07) is 18.0. The molecule has 4 heteroatoms. The summed E-state index contributed by atoms with van der Waals surface area (Å²) in [6.07, 6.45) is 0.950. The minimum atomic E-state index is 0.109. The summed E-state index contributed by atoms with van der Waals surface area (Å²) in [5, 5.41) is 3.08. The molecule has 25 heavy (non-hydrogen) atoms. The van der Waals surface area contributed by atoms with Crippen LogP contribution in [-0.2, 0) is 17.9 Å². The topological polar surface area (TPSA) is 41.6 Å². The molecule has 0 radical (unpaired) electrons. The van der Waals surface area contributed by atoms with Crippen molar-refractivity contribution in [3.8, 4) is 5.75 Å². The lowest BCUT2D eigenvalue weighted by Gasteiger charge is -2.15. The van der Waals surface area contributed by atoms with Crippen molar-refractivity contribution in [1.82, 2.24) is 10.2 Å². The molecule has 2 aromatic rings. The molecule has 1 fully saturated rings. The average Bonchev–Trinajstić information content (AvgIpc) is 3.15. The first-order valence-corrected chi connectivity index (χ1v) is 9.01. The molecule has 0 aromatic heterocycles. The van der Waals surface area contributed by atoms with Crippen LogP contribution in [0.15, 0.2) is 54.6 Å². The van der Waals surface area contributed by atoms with Gasteiger partial charge in [0, 0.05) is 18.7 Å². The van der Waals surface area contributed by atoms with Gasteiger partial charge in [-0.25, -0.2) is 0 Å². The maximum Gasteiger partial charge on any atom is 0.224 e. The minimum Gasteiger partial charge on any atom is -0.489 e. The predicted octanol–water partition coefficient (Wildman–Crippen LogP) is 3.22. The Balaban J connectivity index is 1.55. The monoisotopic (exact) mass is 338 g/mol. The Morgan fingerprint density at radius 1 is 1.16 bits per heavy atom. The number of benzene rings is 2. The average molecular weight is 338 g/mol. The number of amides is 1. The second-order valence-corrected chi connectivity index (χ2v) is 6.48. The number of carbonyl (C=O) groups excluding carboxylic acids is 1. The highest BCUT2D eigenvalue weighted by molar-refractivity contribution is 5.79. The first kappa shape index (κ1) is 17.5. The molecule has 3 rings (SSSR count). The fraction of sp³-hybridized carbons (Fsp3) is 0.381. The molecule has 1 saturated heterocycles. The summed E-state index contributed by atoms with van der Waals surface area (Å²) in [5.74, 6) is 1.08. The largest absolute Gasteiger partial charge is 0.489 e. The van der Waals surface area contributed by atoms with E-state index in [9.17, 15) is 4.79 Å². The Hall–Kier alpha value is -2.33. The van der Waals surface area contributed by atoms with Crippen LogP contribution in [0.1, 0.15) is 24.5 Å². The van der Waals surface area contributed by atoms with Gasteiger partial charge >= 0.3 is 0 Å². The molecule has 1 atom stereocenters. The van der Waals surface area contributed by atoms with E-state index in [-0.39, 0.29) is 11.8 Å². The van der Waals surface area contributed by atoms with Gasteiger partial charge in [0.25, 0.3) is 0 Å². The molecule has 2 aromatic carbocycles. The van der Waals surface area contributed by atoms with E-state index >= 15 is 0 Å². The number of likely N-dealkylation sites (tertiary alicyclic amines) is 1. The summed E-state index contributed by atoms with van der Waals surface area (Å²) in [6.45, 7) is 6.08. The van der Waals surface area contributed by atoms with E-state index in [0.29, 0.717) is 13.2 Å². The molecule has 132 valence electrons. The highest BCUT2D eigenvalue weighted by Crippen LogP contribution is 2.20. The van der Waals surface area contributed by atoms with Crippen molar-refractivity contribution >= 4 is 5.91 Å². The molecular formula is C21H26N2O2. The Kier molecular flexibility index (Phi) is 6.07. The molecule has 1 aliphatic heterocycles. The fourth-order valence-corrected chi connectivity index (χ4v) is 3.19. The third-order valence-corrected chi connectivity index (χ3v) is 4.75. The van der Waals surface area contributed by atoms with Crippen LogP contribution in [-0.4, -0.2) is 30.4 Å². The number of rotatable bonds is 7. The van der Waals surface area contributed by atoms with Gasteiger partial charge in [0.1, 0.15) is 12.4 Å². The van der Waals surface area contributed by atoms with Gasteiger partial charge in [0.15, 0.2) is 0 Å². The van der Waals surface area contributed by atoms with Gasteiger partial charge in [-0.05, 0) is 31.1 Å². The van der Waals surface area contributed by atoms with Gasteiger partial charge in [-0.2, -0.15) is 0 Å². The molecule has 1 N–H and O–H groups in total. The molecule has 0 bridgehead atoms. The quantitative estimate of drug-likeness (QED) is 0.843. The van der Waals surface area contributed by atoms with E-state index in [1.54, 1.807) is 0 Å². The number of nitrogens with zero attached hydrogens (tertiary/aromatic N) is 1. The molecule has 0 saturated carbocycles. The third-order valence-electron chi connectivity index (χ3n) is 4.75. The smallest absolute Gasteiger partial charge is 0.224 e. The van der Waals surface area contributed by atoms with Crippen molar-refractivity contribution in [2.45, 2.75) is 26.5 Å². The summed E-state index contributed by atoms with van der Waals surface area (Å²) in [7, 11) is 0. The second-order valence-electron chi connectivity index (χ2n) is 6.48. The SMILES string of the molecule is CCN1CC[C@@H](C(=O)NCc2ccccc2OCc2ccccc2)C1. The standard InChI is InChI=1S/C21H26N2O2/c1-2-23-13-12-19(15-23)21(24)22-14-18-10-6-7-11-20(18)25-16-17-8-4-3-5-9-17/h3-11,19H,2,12-16H2,1H3,(H,22,24)/t19-/m1/s1. The summed E-state index contributed by atoms with van der Waals surface area (Å²) in [5.41, 5.74) is 2.14. The van der Waals surface area contributed by atoms with E-state index in [4.69, 9.17) is 4.74 Å². The Morgan fingerprint density at radius 2 is 1.92 bits per heavy atom. The number of nitrogens with one attached hydrogen (secondary N) is 1. The van der Waals surface area contributed by atoms with Crippen molar-refractivity contribution in [3.63, 3.8) is 0 Å². The number of hydrogen-bond acceptors (Lipinski definition) is 3. The molecule has 1 aliphatic rings. The molecule has 0 unspecified atom stereocenters. The van der Waals surface area contributed by atoms with Crippen LogP contribution >= 0.6 is 0 Å². The van der Waals surface area contributed by atoms with E-state index in [1.807, 2.05) is 54.6 Å². The van der Waals surface area contributed by atoms with Gasteiger partial charge in [0.05, 0.1) is 5.92 Å². The number of ether oxygens (including phenoxy) is 1. The molecule has 1 amide bonds. The van der Waals surface area contributed by atoms with Crippen LogP contribution in [0.25, 0.3) is 0 Å². The predicted molar refractivity (Wildman–Crippen MR) is 99.3 cm³/mol. The first-order valence-electron chi connectivity index (χ1n) is 9.01. The van der Waals surface area contributed by atoms with Crippen LogP contribution in [0.4, 0.5) is 0 Å². The zero-order valence-electron chi connectivity index (χ0n) is 14.8. The van der Waals surface area contributed by atoms with Crippen molar-refractivity contribution in [2.75, 3.05) is 19.6 Å². The van der Waals surface area contributed by atoms with Gasteiger partial charge in [-0.1, -0.05) is 55.5 Å². The second kappa shape index (κ2) is 8.67. The van der Waals surface area contributed by atoms with Crippen LogP contribution in [0.3, 0.4) is 0 Å². The Labute approximate surface area is 149 Å². The zero-order valence-corrected chi connectivity index (χ0v) is 14.8. The zero-order chi connectivity index (χ0) is 17.5. The van der Waals surface area contributed by atoms with Crippen LogP contribution in [0.5, 0.6) is 5.75 Å². The summed E-state index contributed by atoms with van der Waals surface area (Å²) < 4.78 is 5.96. The minimum absolute atomic E-state index is 0.109. The van der Waals surface area contributed by atoms with E-state index < -0.39 is 0 Å². The lowest BCUT2D eigenvalue weighted by Crippen LogP contribution is -2.32. The number of hydrogen-bond donors (Lipinski definition) is 1. The van der Waals surface area contributed by atoms with E-state index in [2.05, 4.69) is 17.1 Å². The maximum atomic E-state index is 12.4. The van der Waals surface area contributed by atoms with Crippen LogP contribution in [0.2, 0.25) is 0 Å². The van der Waals surface area contributed by atoms with Crippen molar-refractivity contribution < 1.29 is 9.53 Å². The molecular weight excluding hydrogens is 312 g/mol. The highest BCUT2D eigenvalue weighted by atomic mass is 16.5. The molecule has 4 nitrogen and oxygen atoms in total. The van der Waals surface area contributed by atoms with E-state index in [1.165, 1.54) is 0 Å². The van der Waals surface area contributed by atoms with Crippen LogP contribution in [0, 0.1) is 5.92 Å². The lowest BCUT2D eigenvalue weighted by atomic mass is 10.1. The third kappa shape index (κ3) is 4.83. The van der Waals surface area contributed by atoms with Crippen molar-refractivity contribution in [2.24, 2.45) is 5.92 Å². The molecule has 0 aliphatic carbocycles. The number of carbonyl (C=O) groups is 1. The van der Waals surface area contributed by atoms with Crippen molar-refractivity contribution in [3.05, 3.63) is 65.7 Å². The lowest BCUT2D eigenvalue weighted by molar-refractivity contribution is -0.124. The van der Waals surface area contributed by atoms with Gasteiger partial charge in [-0.3, -0.25) is 4.79 Å². The summed E-state index contributed by atoms with van der Waals surface area (Å²) >= 11 is 0. The van der Waals surface area contributed by atoms with Gasteiger partial charge in [0.2, 0.25) is 5.91 Å². The fourth-order valence-electron chi connectivity index (χ4n) is 3.19. The van der Waals surface area contributed by atoms with Crippen molar-refractivity contribution in [1.29, 1.82) is 0 Å². The van der Waals surface area contributed by atoms with E-state index in [0.717, 1.165) is 42.9 Å². The van der Waals surface area contributed by atoms with Gasteiger partial charge in [-0.15, -0.1) is 0 Å². The highest BCUT2D eigenvalue weighted by Gasteiger charge is 2.27. The van der Waals surface area contributed by atoms with Gasteiger partial charge < -0.3 is 15.0 Å². The summed E-state index contributed by atoms with van der Waals surface area (Å²) in [4.78, 5) is 14.7.